The molecule has 0 aromatic heterocycles. The van der Waals surface area contributed by atoms with Crippen LogP contribution in [-0.4, -0.2) is 34.6 Å². The predicted molar refractivity (Wildman–Crippen MR) is 33.5 cm³/mol. The molecule has 6 nitrogen and oxygen atoms in total. The van der Waals surface area contributed by atoms with E-state index >= 15 is 0 Å². The maximum absolute atomic E-state index is 10.5. The highest BCUT2D eigenvalue weighted by atomic mass is 16.6. The van der Waals surface area contributed by atoms with Crippen molar-refractivity contribution in [2.75, 3.05) is 6.61 Å². The van der Waals surface area contributed by atoms with Crippen LogP contribution in [0, 0.1) is 0 Å². The molecule has 0 fully saturated rings. The average molecular weight is 161 g/mol. The Balaban J connectivity index is 3.80. The molecule has 0 rings (SSSR count). The first-order valence-electron chi connectivity index (χ1n) is 2.65. The maximum Gasteiger partial charge on any atom is 0.356 e. The second kappa shape index (κ2) is 4.26. The van der Waals surface area contributed by atoms with E-state index in [1.165, 1.54) is 6.92 Å². The lowest BCUT2D eigenvalue weighted by atomic mass is 10.4. The van der Waals surface area contributed by atoms with Gasteiger partial charge in [0.25, 0.3) is 0 Å². The van der Waals surface area contributed by atoms with Gasteiger partial charge in [0, 0.05) is 0 Å². The van der Waals surface area contributed by atoms with E-state index < -0.39 is 18.5 Å². The van der Waals surface area contributed by atoms with Gasteiger partial charge in [0.2, 0.25) is 0 Å². The van der Waals surface area contributed by atoms with E-state index in [0.29, 0.717) is 0 Å². The molecule has 0 amide bonds. The summed E-state index contributed by atoms with van der Waals surface area (Å²) in [5.41, 5.74) is -0.286. The second-order valence-corrected chi connectivity index (χ2v) is 1.66. The Morgan fingerprint density at radius 3 is 2.45 bits per heavy atom. The van der Waals surface area contributed by atoms with Crippen LogP contribution in [-0.2, 0) is 14.3 Å². The Morgan fingerprint density at radius 1 is 1.55 bits per heavy atom. The van der Waals surface area contributed by atoms with Crippen LogP contribution in [0.1, 0.15) is 6.92 Å². The normalized spacial score (nSPS) is 10.8. The van der Waals surface area contributed by atoms with Crippen molar-refractivity contribution >= 4 is 17.7 Å². The van der Waals surface area contributed by atoms with E-state index in [9.17, 15) is 9.59 Å². The molecule has 0 unspecified atom stereocenters. The van der Waals surface area contributed by atoms with Gasteiger partial charge in [-0.1, -0.05) is 5.16 Å². The molecule has 11 heavy (non-hydrogen) atoms. The summed E-state index contributed by atoms with van der Waals surface area (Å²) < 4.78 is 4.13. The third-order valence-corrected chi connectivity index (χ3v) is 0.772. The smallest absolute Gasteiger partial charge is 0.356 e. The molecular formula is C5H7NO5. The summed E-state index contributed by atoms with van der Waals surface area (Å²) in [4.78, 5) is 20.3. The first kappa shape index (κ1) is 9.41. The third kappa shape index (κ3) is 3.90. The van der Waals surface area contributed by atoms with Crippen LogP contribution in [0.15, 0.2) is 5.16 Å². The number of carbonyl (C=O) groups excluding carboxylic acids is 1. The SMILES string of the molecule is C/C(=N\O)C(=O)OCC(=O)O. The highest BCUT2D eigenvalue weighted by molar-refractivity contribution is 6.35. The van der Waals surface area contributed by atoms with Crippen molar-refractivity contribution in [3.05, 3.63) is 0 Å². The number of oxime groups is 1. The fourth-order valence-corrected chi connectivity index (χ4v) is 0.273. The molecule has 0 aliphatic heterocycles. The molecule has 6 heteroatoms. The fraction of sp³-hybridized carbons (Fsp3) is 0.400. The second-order valence-electron chi connectivity index (χ2n) is 1.66. The first-order valence-corrected chi connectivity index (χ1v) is 2.65. The van der Waals surface area contributed by atoms with Gasteiger partial charge in [0.05, 0.1) is 0 Å². The Labute approximate surface area is 62.1 Å². The van der Waals surface area contributed by atoms with Crippen LogP contribution in [0.4, 0.5) is 0 Å². The van der Waals surface area contributed by atoms with Gasteiger partial charge >= 0.3 is 11.9 Å². The van der Waals surface area contributed by atoms with Gasteiger partial charge in [0.15, 0.2) is 12.3 Å². The number of carboxylic acids is 1. The summed E-state index contributed by atoms with van der Waals surface area (Å²) in [5.74, 6) is -2.21. The summed E-state index contributed by atoms with van der Waals surface area (Å²) in [6.07, 6.45) is 0. The van der Waals surface area contributed by atoms with Crippen molar-refractivity contribution in [3.63, 3.8) is 0 Å². The van der Waals surface area contributed by atoms with Crippen LogP contribution in [0.5, 0.6) is 0 Å². The Hall–Kier alpha value is -1.59. The number of aliphatic carboxylic acids is 1. The molecule has 0 aromatic carbocycles. The molecule has 0 spiro atoms. The molecule has 0 heterocycles. The lowest BCUT2D eigenvalue weighted by molar-refractivity contribution is -0.150. The molecule has 0 aromatic rings. The molecule has 0 atom stereocenters. The van der Waals surface area contributed by atoms with Gasteiger partial charge in [-0.05, 0) is 6.92 Å². The minimum Gasteiger partial charge on any atom is -0.479 e. The van der Waals surface area contributed by atoms with Crippen molar-refractivity contribution in [1.29, 1.82) is 0 Å². The summed E-state index contributed by atoms with van der Waals surface area (Å²) in [6.45, 7) is 0.468. The number of rotatable bonds is 3. The number of carbonyl (C=O) groups is 2. The van der Waals surface area contributed by atoms with Gasteiger partial charge in [0.1, 0.15) is 0 Å². The lowest BCUT2D eigenvalue weighted by Gasteiger charge is -1.97. The zero-order valence-corrected chi connectivity index (χ0v) is 5.77. The minimum absolute atomic E-state index is 0.286. The number of carboxylic acid groups (broad SMARTS) is 1. The maximum atomic E-state index is 10.5. The molecule has 0 saturated heterocycles. The molecule has 2 N–H and O–H groups in total. The fourth-order valence-electron chi connectivity index (χ4n) is 0.273. The zero-order valence-electron chi connectivity index (χ0n) is 5.77. The molecule has 0 saturated carbocycles. The largest absolute Gasteiger partial charge is 0.479 e. The van der Waals surface area contributed by atoms with E-state index in [2.05, 4.69) is 9.89 Å². The quantitative estimate of drug-likeness (QED) is 0.251. The topological polar surface area (TPSA) is 96.2 Å². The lowest BCUT2D eigenvalue weighted by Crippen LogP contribution is -2.18. The van der Waals surface area contributed by atoms with Crippen molar-refractivity contribution in [3.8, 4) is 0 Å². The minimum atomic E-state index is -1.26. The van der Waals surface area contributed by atoms with Crippen LogP contribution in [0.25, 0.3) is 0 Å². The van der Waals surface area contributed by atoms with Crippen molar-refractivity contribution in [2.45, 2.75) is 6.92 Å². The number of hydrogen-bond acceptors (Lipinski definition) is 5. The van der Waals surface area contributed by atoms with Crippen molar-refractivity contribution in [2.24, 2.45) is 5.16 Å². The van der Waals surface area contributed by atoms with E-state index in [0.717, 1.165) is 0 Å². The van der Waals surface area contributed by atoms with E-state index in [4.69, 9.17) is 10.3 Å². The summed E-state index contributed by atoms with van der Waals surface area (Å²) in [6, 6.07) is 0. The zero-order chi connectivity index (χ0) is 8.85. The molecule has 0 aliphatic rings. The van der Waals surface area contributed by atoms with Gasteiger partial charge < -0.3 is 15.1 Å². The number of ether oxygens (including phenoxy) is 1. The standard InChI is InChI=1S/C5H7NO5/c1-3(6-10)5(9)11-2-4(7)8/h10H,2H2,1H3,(H,7,8)/b6-3+. The Morgan fingerprint density at radius 2 is 2.09 bits per heavy atom. The number of nitrogens with zero attached hydrogens (tertiary/aromatic N) is 1. The van der Waals surface area contributed by atoms with Crippen LogP contribution >= 0.6 is 0 Å². The van der Waals surface area contributed by atoms with E-state index in [1.54, 1.807) is 0 Å². The summed E-state index contributed by atoms with van der Waals surface area (Å²) in [7, 11) is 0. The van der Waals surface area contributed by atoms with Crippen LogP contribution in [0.2, 0.25) is 0 Å². The highest BCUT2D eigenvalue weighted by Gasteiger charge is 2.09. The molecule has 62 valence electrons. The van der Waals surface area contributed by atoms with Gasteiger partial charge in [-0.3, -0.25) is 0 Å². The molecule has 0 bridgehead atoms. The van der Waals surface area contributed by atoms with Crippen molar-refractivity contribution < 1.29 is 24.6 Å². The van der Waals surface area contributed by atoms with Crippen molar-refractivity contribution in [1.82, 2.24) is 0 Å². The predicted octanol–water partition coefficient (Wildman–Crippen LogP) is -0.536. The average Bonchev–Trinajstić information content (AvgIpc) is 1.98. The number of hydrogen-bond donors (Lipinski definition) is 2. The Bertz CT molecular complexity index is 197. The Kier molecular flexibility index (Phi) is 3.65. The molecular weight excluding hydrogens is 154 g/mol. The van der Waals surface area contributed by atoms with Gasteiger partial charge in [-0.2, -0.15) is 0 Å². The van der Waals surface area contributed by atoms with Gasteiger partial charge in [-0.15, -0.1) is 0 Å². The molecule has 0 aliphatic carbocycles. The van der Waals surface area contributed by atoms with E-state index in [-0.39, 0.29) is 5.71 Å². The first-order chi connectivity index (χ1) is 5.07. The number of esters is 1. The summed E-state index contributed by atoms with van der Waals surface area (Å²) >= 11 is 0. The monoisotopic (exact) mass is 161 g/mol. The summed E-state index contributed by atoms with van der Waals surface area (Å²) in [5, 5.41) is 18.6. The third-order valence-electron chi connectivity index (χ3n) is 0.772. The highest BCUT2D eigenvalue weighted by Crippen LogP contribution is 1.82. The van der Waals surface area contributed by atoms with Crippen LogP contribution < -0.4 is 0 Å². The van der Waals surface area contributed by atoms with Gasteiger partial charge in [-0.25, -0.2) is 9.59 Å². The molecule has 0 radical (unpaired) electrons. The van der Waals surface area contributed by atoms with Crippen LogP contribution in [0.3, 0.4) is 0 Å². The van der Waals surface area contributed by atoms with E-state index in [1.807, 2.05) is 0 Å².